The monoisotopic (exact) mass is 245 g/mol. The average molecular weight is 245 g/mol. The minimum absolute atomic E-state index is 0.564. The quantitative estimate of drug-likeness (QED) is 0.830. The molecule has 0 saturated heterocycles. The Morgan fingerprint density at radius 2 is 2.06 bits per heavy atom. The van der Waals surface area contributed by atoms with Crippen LogP contribution in [0.3, 0.4) is 0 Å². The molecule has 1 saturated carbocycles. The van der Waals surface area contributed by atoms with Gasteiger partial charge in [0.15, 0.2) is 0 Å². The highest BCUT2D eigenvalue weighted by atomic mass is 15.4. The van der Waals surface area contributed by atoms with Crippen LogP contribution in [0, 0.1) is 0 Å². The number of hydrogen-bond donors (Lipinski definition) is 0. The fourth-order valence-electron chi connectivity index (χ4n) is 2.73. The molecule has 5 nitrogen and oxygen atoms in total. The Morgan fingerprint density at radius 1 is 1.17 bits per heavy atom. The van der Waals surface area contributed by atoms with Gasteiger partial charge in [0.05, 0.1) is 6.04 Å². The molecular weight excluding hydrogens is 226 g/mol. The Balaban J connectivity index is 1.67. The van der Waals surface area contributed by atoms with E-state index in [4.69, 9.17) is 0 Å². The topological polar surface area (TPSA) is 48.5 Å². The van der Waals surface area contributed by atoms with Crippen molar-refractivity contribution in [3.8, 4) is 0 Å². The molecule has 96 valence electrons. The maximum atomic E-state index is 4.42. The highest BCUT2D eigenvalue weighted by molar-refractivity contribution is 4.90. The molecule has 0 atom stereocenters. The lowest BCUT2D eigenvalue weighted by atomic mass is 9.95. The Labute approximate surface area is 107 Å². The lowest BCUT2D eigenvalue weighted by Gasteiger charge is -2.23. The molecule has 0 amide bonds. The standard InChI is InChI=1S/C13H19N5/c1-2-5-12(6-3-1)18-13(14-11-16-18)7-10-17-9-4-8-15-17/h4,8-9,11-12H,1-3,5-7,10H2. The molecule has 0 radical (unpaired) electrons. The van der Waals surface area contributed by atoms with Gasteiger partial charge in [-0.1, -0.05) is 19.3 Å². The molecular formula is C13H19N5. The van der Waals surface area contributed by atoms with E-state index in [1.54, 1.807) is 6.33 Å². The fourth-order valence-corrected chi connectivity index (χ4v) is 2.73. The lowest BCUT2D eigenvalue weighted by Crippen LogP contribution is -2.18. The van der Waals surface area contributed by atoms with E-state index in [9.17, 15) is 0 Å². The number of aromatic nitrogens is 5. The predicted octanol–water partition coefficient (Wildman–Crippen LogP) is 2.22. The molecule has 1 aliphatic rings. The predicted molar refractivity (Wildman–Crippen MR) is 68.1 cm³/mol. The van der Waals surface area contributed by atoms with E-state index in [2.05, 4.69) is 19.9 Å². The molecule has 3 rings (SSSR count). The first-order valence-corrected chi connectivity index (χ1v) is 6.79. The van der Waals surface area contributed by atoms with Crippen LogP contribution in [0.4, 0.5) is 0 Å². The van der Waals surface area contributed by atoms with Crippen molar-refractivity contribution in [1.82, 2.24) is 24.5 Å². The highest BCUT2D eigenvalue weighted by Gasteiger charge is 2.18. The van der Waals surface area contributed by atoms with Crippen molar-refractivity contribution in [2.75, 3.05) is 0 Å². The van der Waals surface area contributed by atoms with Crippen LogP contribution in [0.5, 0.6) is 0 Å². The number of hydrogen-bond acceptors (Lipinski definition) is 3. The largest absolute Gasteiger partial charge is 0.272 e. The van der Waals surface area contributed by atoms with E-state index >= 15 is 0 Å². The normalized spacial score (nSPS) is 17.1. The second kappa shape index (κ2) is 5.33. The zero-order valence-electron chi connectivity index (χ0n) is 10.6. The lowest BCUT2D eigenvalue weighted by molar-refractivity contribution is 0.319. The third-order valence-corrected chi connectivity index (χ3v) is 3.69. The van der Waals surface area contributed by atoms with Crippen LogP contribution in [0.25, 0.3) is 0 Å². The van der Waals surface area contributed by atoms with Gasteiger partial charge in [-0.05, 0) is 18.9 Å². The summed E-state index contributed by atoms with van der Waals surface area (Å²) in [5.74, 6) is 1.09. The first-order chi connectivity index (χ1) is 8.93. The van der Waals surface area contributed by atoms with E-state index in [0.29, 0.717) is 6.04 Å². The summed E-state index contributed by atoms with van der Waals surface area (Å²) in [7, 11) is 0. The van der Waals surface area contributed by atoms with Crippen molar-refractivity contribution in [3.63, 3.8) is 0 Å². The number of nitrogens with zero attached hydrogens (tertiary/aromatic N) is 5. The van der Waals surface area contributed by atoms with E-state index in [1.807, 2.05) is 23.1 Å². The van der Waals surface area contributed by atoms with Crippen LogP contribution < -0.4 is 0 Å². The van der Waals surface area contributed by atoms with Gasteiger partial charge < -0.3 is 0 Å². The fraction of sp³-hybridized carbons (Fsp3) is 0.615. The molecule has 2 aromatic heterocycles. The molecule has 1 fully saturated rings. The zero-order chi connectivity index (χ0) is 12.2. The van der Waals surface area contributed by atoms with E-state index < -0.39 is 0 Å². The first-order valence-electron chi connectivity index (χ1n) is 6.79. The van der Waals surface area contributed by atoms with Crippen LogP contribution in [-0.2, 0) is 13.0 Å². The van der Waals surface area contributed by atoms with Gasteiger partial charge >= 0.3 is 0 Å². The van der Waals surface area contributed by atoms with Crippen molar-refractivity contribution in [2.45, 2.75) is 51.1 Å². The van der Waals surface area contributed by atoms with Gasteiger partial charge in [-0.3, -0.25) is 4.68 Å². The van der Waals surface area contributed by atoms with Gasteiger partial charge in [-0.15, -0.1) is 0 Å². The summed E-state index contributed by atoms with van der Waals surface area (Å²) >= 11 is 0. The first kappa shape index (κ1) is 11.4. The van der Waals surface area contributed by atoms with Crippen molar-refractivity contribution in [3.05, 3.63) is 30.6 Å². The molecule has 0 aromatic carbocycles. The third-order valence-electron chi connectivity index (χ3n) is 3.69. The maximum absolute atomic E-state index is 4.42. The van der Waals surface area contributed by atoms with Crippen LogP contribution in [-0.4, -0.2) is 24.5 Å². The van der Waals surface area contributed by atoms with E-state index in [-0.39, 0.29) is 0 Å². The summed E-state index contributed by atoms with van der Waals surface area (Å²) in [4.78, 5) is 4.40. The van der Waals surface area contributed by atoms with Crippen LogP contribution >= 0.6 is 0 Å². The molecule has 0 bridgehead atoms. The third kappa shape index (κ3) is 2.44. The van der Waals surface area contributed by atoms with Crippen LogP contribution in [0.15, 0.2) is 24.8 Å². The maximum Gasteiger partial charge on any atom is 0.138 e. The number of rotatable bonds is 4. The second-order valence-electron chi connectivity index (χ2n) is 4.93. The summed E-state index contributed by atoms with van der Waals surface area (Å²) in [5, 5.41) is 8.63. The van der Waals surface area contributed by atoms with Crippen molar-refractivity contribution >= 4 is 0 Å². The highest BCUT2D eigenvalue weighted by Crippen LogP contribution is 2.28. The Kier molecular flexibility index (Phi) is 3.39. The second-order valence-corrected chi connectivity index (χ2v) is 4.93. The van der Waals surface area contributed by atoms with Gasteiger partial charge in [-0.25, -0.2) is 9.67 Å². The van der Waals surface area contributed by atoms with Crippen LogP contribution in [0.1, 0.15) is 44.0 Å². The van der Waals surface area contributed by atoms with Crippen molar-refractivity contribution in [2.24, 2.45) is 0 Å². The minimum atomic E-state index is 0.564. The van der Waals surface area contributed by atoms with Gasteiger partial charge in [-0.2, -0.15) is 10.2 Å². The van der Waals surface area contributed by atoms with Gasteiger partial charge in [0, 0.05) is 25.4 Å². The molecule has 2 heterocycles. The summed E-state index contributed by atoms with van der Waals surface area (Å²) in [6.07, 6.45) is 12.9. The SMILES string of the molecule is c1cnn(CCc2ncnn2C2CCCCC2)c1. The van der Waals surface area contributed by atoms with Crippen LogP contribution in [0.2, 0.25) is 0 Å². The Morgan fingerprint density at radius 3 is 2.83 bits per heavy atom. The summed E-state index contributed by atoms with van der Waals surface area (Å²) < 4.78 is 4.09. The Bertz CT molecular complexity index is 467. The summed E-state index contributed by atoms with van der Waals surface area (Å²) in [6.45, 7) is 0.873. The van der Waals surface area contributed by atoms with Gasteiger partial charge in [0.2, 0.25) is 0 Å². The molecule has 1 aliphatic carbocycles. The molecule has 0 N–H and O–H groups in total. The van der Waals surface area contributed by atoms with E-state index in [0.717, 1.165) is 18.8 Å². The molecule has 2 aromatic rings. The number of aryl methyl sites for hydroxylation is 2. The molecule has 18 heavy (non-hydrogen) atoms. The summed E-state index contributed by atoms with van der Waals surface area (Å²) in [6, 6.07) is 2.51. The summed E-state index contributed by atoms with van der Waals surface area (Å²) in [5.41, 5.74) is 0. The molecule has 5 heteroatoms. The van der Waals surface area contributed by atoms with Crippen molar-refractivity contribution in [1.29, 1.82) is 0 Å². The van der Waals surface area contributed by atoms with Gasteiger partial charge in [0.25, 0.3) is 0 Å². The van der Waals surface area contributed by atoms with Crippen molar-refractivity contribution < 1.29 is 0 Å². The minimum Gasteiger partial charge on any atom is -0.272 e. The average Bonchev–Trinajstić information content (AvgIpc) is 3.09. The smallest absolute Gasteiger partial charge is 0.138 e. The molecule has 0 spiro atoms. The molecule has 0 aliphatic heterocycles. The van der Waals surface area contributed by atoms with Gasteiger partial charge in [0.1, 0.15) is 12.2 Å². The van der Waals surface area contributed by atoms with E-state index in [1.165, 1.54) is 32.1 Å². The molecule has 0 unspecified atom stereocenters. The Hall–Kier alpha value is -1.65. The zero-order valence-corrected chi connectivity index (χ0v) is 10.6.